The van der Waals surface area contributed by atoms with Crippen LogP contribution in [-0.2, 0) is 13.6 Å². The second-order valence-corrected chi connectivity index (χ2v) is 6.13. The highest BCUT2D eigenvalue weighted by Crippen LogP contribution is 2.22. The first-order valence-electron chi connectivity index (χ1n) is 7.52. The third-order valence-electron chi connectivity index (χ3n) is 4.32. The Labute approximate surface area is 117 Å². The molecule has 2 atom stereocenters. The number of hydrogen-bond acceptors (Lipinski definition) is 3. The van der Waals surface area contributed by atoms with Crippen LogP contribution in [0.5, 0.6) is 0 Å². The minimum absolute atomic E-state index is 0.823. The smallest absolute Gasteiger partial charge is 0.0534 e. The Morgan fingerprint density at radius 2 is 2.42 bits per heavy atom. The lowest BCUT2D eigenvalue weighted by Crippen LogP contribution is -2.34. The van der Waals surface area contributed by atoms with Crippen molar-refractivity contribution in [3.63, 3.8) is 0 Å². The first kappa shape index (κ1) is 14.5. The van der Waals surface area contributed by atoms with Crippen molar-refractivity contribution < 1.29 is 0 Å². The quantitative estimate of drug-likeness (QED) is 0.851. The fraction of sp³-hybridized carbons (Fsp3) is 0.800. The van der Waals surface area contributed by atoms with Gasteiger partial charge in [0, 0.05) is 25.4 Å². The van der Waals surface area contributed by atoms with Crippen molar-refractivity contribution in [3.8, 4) is 0 Å². The number of rotatable bonds is 6. The third-order valence-corrected chi connectivity index (χ3v) is 4.32. The zero-order valence-electron chi connectivity index (χ0n) is 12.6. The van der Waals surface area contributed by atoms with Crippen LogP contribution in [0.25, 0.3) is 0 Å². The summed E-state index contributed by atoms with van der Waals surface area (Å²) in [6.45, 7) is 7.02. The van der Waals surface area contributed by atoms with E-state index in [4.69, 9.17) is 0 Å². The number of piperidine rings is 1. The van der Waals surface area contributed by atoms with Crippen LogP contribution in [-0.4, -0.2) is 41.4 Å². The van der Waals surface area contributed by atoms with Gasteiger partial charge in [-0.15, -0.1) is 0 Å². The standard InChI is InChI=1S/C15H28N4/c1-13(15-5-4-7-16-10-15)6-8-18(2)11-14-9-17-19(3)12-14/h9,12-13,15-16H,4-8,10-11H2,1-3H3. The molecule has 0 radical (unpaired) electrons. The van der Waals surface area contributed by atoms with Crippen LogP contribution in [0.1, 0.15) is 31.7 Å². The molecule has 1 saturated heterocycles. The van der Waals surface area contributed by atoms with Crippen molar-refractivity contribution >= 4 is 0 Å². The van der Waals surface area contributed by atoms with Crippen LogP contribution in [0, 0.1) is 11.8 Å². The Kier molecular flexibility index (Phi) is 5.40. The fourth-order valence-electron chi connectivity index (χ4n) is 2.97. The van der Waals surface area contributed by atoms with E-state index in [0.29, 0.717) is 0 Å². The maximum Gasteiger partial charge on any atom is 0.0534 e. The van der Waals surface area contributed by atoms with E-state index in [9.17, 15) is 0 Å². The maximum atomic E-state index is 4.22. The number of aromatic nitrogens is 2. The molecule has 1 aromatic rings. The lowest BCUT2D eigenvalue weighted by Gasteiger charge is -2.29. The van der Waals surface area contributed by atoms with E-state index in [1.807, 2.05) is 17.9 Å². The predicted octanol–water partition coefficient (Wildman–Crippen LogP) is 1.88. The van der Waals surface area contributed by atoms with E-state index in [1.54, 1.807) is 0 Å². The summed E-state index contributed by atoms with van der Waals surface area (Å²) in [5.74, 6) is 1.70. The molecule has 0 aromatic carbocycles. The SMILES string of the molecule is CC(CCN(C)Cc1cnn(C)c1)C1CCCNC1. The van der Waals surface area contributed by atoms with Gasteiger partial charge in [-0.3, -0.25) is 4.68 Å². The summed E-state index contributed by atoms with van der Waals surface area (Å²) >= 11 is 0. The zero-order chi connectivity index (χ0) is 13.7. The number of hydrogen-bond donors (Lipinski definition) is 1. The molecule has 2 rings (SSSR count). The first-order valence-corrected chi connectivity index (χ1v) is 7.52. The molecule has 2 heterocycles. The second-order valence-electron chi connectivity index (χ2n) is 6.13. The molecule has 1 fully saturated rings. The summed E-state index contributed by atoms with van der Waals surface area (Å²) < 4.78 is 1.87. The van der Waals surface area contributed by atoms with Crippen molar-refractivity contribution in [2.75, 3.05) is 26.7 Å². The summed E-state index contributed by atoms with van der Waals surface area (Å²) in [6, 6.07) is 0. The molecular weight excluding hydrogens is 236 g/mol. The molecule has 4 heteroatoms. The molecule has 19 heavy (non-hydrogen) atoms. The normalized spacial score (nSPS) is 21.8. The second kappa shape index (κ2) is 7.06. The van der Waals surface area contributed by atoms with Crippen molar-refractivity contribution in [1.29, 1.82) is 0 Å². The summed E-state index contributed by atoms with van der Waals surface area (Å²) in [4.78, 5) is 2.41. The molecule has 4 nitrogen and oxygen atoms in total. The lowest BCUT2D eigenvalue weighted by molar-refractivity contribution is 0.229. The minimum atomic E-state index is 0.823. The van der Waals surface area contributed by atoms with Gasteiger partial charge >= 0.3 is 0 Å². The van der Waals surface area contributed by atoms with E-state index < -0.39 is 0 Å². The molecule has 0 aliphatic carbocycles. The Morgan fingerprint density at radius 3 is 3.05 bits per heavy atom. The molecular formula is C15H28N4. The van der Waals surface area contributed by atoms with Gasteiger partial charge in [-0.25, -0.2) is 0 Å². The molecule has 1 aliphatic heterocycles. The van der Waals surface area contributed by atoms with Gasteiger partial charge in [0.05, 0.1) is 6.20 Å². The van der Waals surface area contributed by atoms with Crippen LogP contribution in [0.3, 0.4) is 0 Å². The molecule has 1 aliphatic rings. The minimum Gasteiger partial charge on any atom is -0.316 e. The van der Waals surface area contributed by atoms with E-state index in [-0.39, 0.29) is 0 Å². The topological polar surface area (TPSA) is 33.1 Å². The van der Waals surface area contributed by atoms with Crippen LogP contribution in [0.2, 0.25) is 0 Å². The number of nitrogens with zero attached hydrogens (tertiary/aromatic N) is 3. The molecule has 0 spiro atoms. The monoisotopic (exact) mass is 264 g/mol. The van der Waals surface area contributed by atoms with E-state index in [2.05, 4.69) is 35.5 Å². The van der Waals surface area contributed by atoms with Crippen molar-refractivity contribution in [1.82, 2.24) is 20.0 Å². The van der Waals surface area contributed by atoms with Gasteiger partial charge in [0.15, 0.2) is 0 Å². The van der Waals surface area contributed by atoms with Crippen LogP contribution in [0.15, 0.2) is 12.4 Å². The molecule has 108 valence electrons. The van der Waals surface area contributed by atoms with E-state index in [1.165, 1.54) is 44.5 Å². The predicted molar refractivity (Wildman–Crippen MR) is 78.9 cm³/mol. The van der Waals surface area contributed by atoms with E-state index >= 15 is 0 Å². The highest BCUT2D eigenvalue weighted by molar-refractivity contribution is 5.02. The summed E-state index contributed by atoms with van der Waals surface area (Å²) in [6.07, 6.45) is 8.11. The summed E-state index contributed by atoms with van der Waals surface area (Å²) in [5.41, 5.74) is 1.30. The number of nitrogens with one attached hydrogen (secondary N) is 1. The summed E-state index contributed by atoms with van der Waals surface area (Å²) in [5, 5.41) is 7.74. The van der Waals surface area contributed by atoms with Crippen LogP contribution in [0.4, 0.5) is 0 Å². The Bertz CT molecular complexity index is 368. The van der Waals surface area contributed by atoms with Gasteiger partial charge < -0.3 is 10.2 Å². The molecule has 2 unspecified atom stereocenters. The number of aryl methyl sites for hydroxylation is 1. The largest absolute Gasteiger partial charge is 0.316 e. The van der Waals surface area contributed by atoms with Crippen molar-refractivity contribution in [2.24, 2.45) is 18.9 Å². The van der Waals surface area contributed by atoms with Gasteiger partial charge in [0.2, 0.25) is 0 Å². The highest BCUT2D eigenvalue weighted by atomic mass is 15.2. The van der Waals surface area contributed by atoms with Crippen molar-refractivity contribution in [2.45, 2.75) is 32.7 Å². The average Bonchev–Trinajstić information content (AvgIpc) is 2.82. The van der Waals surface area contributed by atoms with Gasteiger partial charge in [-0.2, -0.15) is 5.10 Å². The molecule has 0 bridgehead atoms. The third kappa shape index (κ3) is 4.62. The highest BCUT2D eigenvalue weighted by Gasteiger charge is 2.19. The lowest BCUT2D eigenvalue weighted by atomic mass is 9.85. The zero-order valence-corrected chi connectivity index (χ0v) is 12.6. The van der Waals surface area contributed by atoms with Crippen LogP contribution >= 0.6 is 0 Å². The molecule has 1 aromatic heterocycles. The summed E-state index contributed by atoms with van der Waals surface area (Å²) in [7, 11) is 4.18. The van der Waals surface area contributed by atoms with Gasteiger partial charge in [-0.05, 0) is 57.8 Å². The fourth-order valence-corrected chi connectivity index (χ4v) is 2.97. The van der Waals surface area contributed by atoms with E-state index in [0.717, 1.165) is 18.4 Å². The molecule has 0 amide bonds. The molecule has 0 saturated carbocycles. The van der Waals surface area contributed by atoms with Gasteiger partial charge in [-0.1, -0.05) is 6.92 Å². The first-order chi connectivity index (χ1) is 9.15. The van der Waals surface area contributed by atoms with Gasteiger partial charge in [0.25, 0.3) is 0 Å². The molecule has 1 N–H and O–H groups in total. The average molecular weight is 264 g/mol. The Balaban J connectivity index is 1.69. The Hall–Kier alpha value is -0.870. The van der Waals surface area contributed by atoms with Crippen molar-refractivity contribution in [3.05, 3.63) is 18.0 Å². The van der Waals surface area contributed by atoms with Gasteiger partial charge in [0.1, 0.15) is 0 Å². The Morgan fingerprint density at radius 1 is 1.58 bits per heavy atom. The van der Waals surface area contributed by atoms with Crippen LogP contribution < -0.4 is 5.32 Å². The maximum absolute atomic E-state index is 4.22.